The van der Waals surface area contributed by atoms with E-state index in [2.05, 4.69) is 10.6 Å². The maximum absolute atomic E-state index is 13.8. The molecule has 188 valence electrons. The summed E-state index contributed by atoms with van der Waals surface area (Å²) < 4.78 is 19.1. The predicted molar refractivity (Wildman–Crippen MR) is 133 cm³/mol. The summed E-state index contributed by atoms with van der Waals surface area (Å²) in [5.41, 5.74) is 1.65. The average molecular weight is 484 g/mol. The molecule has 0 saturated carbocycles. The number of hydrogen-bond donors (Lipinski definition) is 2. The van der Waals surface area contributed by atoms with E-state index in [-0.39, 0.29) is 18.4 Å². The summed E-state index contributed by atoms with van der Waals surface area (Å²) in [5, 5.41) is 5.43. The van der Waals surface area contributed by atoms with Crippen molar-refractivity contribution in [2.24, 2.45) is 0 Å². The van der Waals surface area contributed by atoms with Gasteiger partial charge in [-0.2, -0.15) is 0 Å². The van der Waals surface area contributed by atoms with Crippen LogP contribution in [-0.2, 0) is 27.2 Å². The normalized spacial score (nSPS) is 16.8. The highest BCUT2D eigenvalue weighted by Crippen LogP contribution is 2.28. The van der Waals surface area contributed by atoms with Crippen molar-refractivity contribution in [2.75, 3.05) is 4.90 Å². The molecule has 2 N–H and O–H groups in total. The maximum atomic E-state index is 13.8. The summed E-state index contributed by atoms with van der Waals surface area (Å²) in [6, 6.07) is 11.6. The summed E-state index contributed by atoms with van der Waals surface area (Å²) in [4.78, 5) is 41.0. The minimum atomic E-state index is -1.06. The second-order valence-corrected chi connectivity index (χ2v) is 10.1. The molecule has 2 aromatic carbocycles. The summed E-state index contributed by atoms with van der Waals surface area (Å²) >= 11 is 0. The molecule has 0 aliphatic carbocycles. The molecule has 1 aliphatic rings. The van der Waals surface area contributed by atoms with Crippen LogP contribution in [0, 0.1) is 5.82 Å². The molecule has 0 bridgehead atoms. The lowest BCUT2D eigenvalue weighted by Gasteiger charge is -2.30. The molecule has 2 unspecified atom stereocenters. The van der Waals surface area contributed by atoms with Crippen molar-refractivity contribution < 1.29 is 23.5 Å². The first-order valence-corrected chi connectivity index (χ1v) is 11.9. The molecule has 0 aromatic heterocycles. The number of carbonyl (C=O) groups excluding carboxylic acids is 3. The van der Waals surface area contributed by atoms with Crippen LogP contribution in [0.4, 0.5) is 14.9 Å². The first-order chi connectivity index (χ1) is 16.4. The Labute approximate surface area is 206 Å². The Morgan fingerprint density at radius 1 is 1.14 bits per heavy atom. The van der Waals surface area contributed by atoms with Crippen molar-refractivity contribution in [2.45, 2.75) is 77.6 Å². The number of aryl methyl sites for hydroxylation is 1. The van der Waals surface area contributed by atoms with Crippen molar-refractivity contribution in [3.8, 4) is 0 Å². The Kier molecular flexibility index (Phi) is 8.14. The van der Waals surface area contributed by atoms with Gasteiger partial charge in [-0.15, -0.1) is 0 Å². The van der Waals surface area contributed by atoms with Gasteiger partial charge in [0.2, 0.25) is 11.8 Å². The van der Waals surface area contributed by atoms with Gasteiger partial charge in [0.25, 0.3) is 0 Å². The Balaban J connectivity index is 1.82. The fraction of sp³-hybridized carbons (Fsp3) is 0.444. The number of para-hydroxylation sites is 1. The van der Waals surface area contributed by atoms with Crippen LogP contribution in [0.2, 0.25) is 0 Å². The van der Waals surface area contributed by atoms with E-state index in [1.165, 1.54) is 12.1 Å². The molecule has 7 nitrogen and oxygen atoms in total. The topological polar surface area (TPSA) is 87.7 Å². The average Bonchev–Trinajstić information content (AvgIpc) is 2.88. The fourth-order valence-corrected chi connectivity index (χ4v) is 4.16. The largest absolute Gasteiger partial charge is 0.444 e. The number of nitrogens with one attached hydrogen (secondary N) is 2. The van der Waals surface area contributed by atoms with Crippen molar-refractivity contribution in [3.63, 3.8) is 0 Å². The fourth-order valence-electron chi connectivity index (χ4n) is 4.16. The van der Waals surface area contributed by atoms with Crippen molar-refractivity contribution in [1.29, 1.82) is 0 Å². The summed E-state index contributed by atoms with van der Waals surface area (Å²) in [7, 11) is 0. The maximum Gasteiger partial charge on any atom is 0.408 e. The molecule has 0 fully saturated rings. The quantitative estimate of drug-likeness (QED) is 0.647. The Morgan fingerprint density at radius 3 is 2.51 bits per heavy atom. The molecule has 2 aromatic rings. The Bertz CT molecular complexity index is 1080. The molecule has 2 atom stereocenters. The lowest BCUT2D eigenvalue weighted by atomic mass is 10.0. The van der Waals surface area contributed by atoms with Gasteiger partial charge in [-0.1, -0.05) is 30.3 Å². The van der Waals surface area contributed by atoms with Gasteiger partial charge in [0.1, 0.15) is 23.5 Å². The minimum absolute atomic E-state index is 0.0396. The number of hydrogen-bond acceptors (Lipinski definition) is 4. The van der Waals surface area contributed by atoms with Crippen LogP contribution in [0.15, 0.2) is 48.5 Å². The molecule has 0 spiro atoms. The molecule has 1 aliphatic heterocycles. The molecule has 0 radical (unpaired) electrons. The number of amides is 3. The molecule has 8 heteroatoms. The number of ether oxygens (including phenoxy) is 1. The molecular weight excluding hydrogens is 449 g/mol. The number of fused-ring (bicyclic) bond motifs is 1. The first kappa shape index (κ1) is 26.2. The molecular formula is C27H34FN3O4. The molecule has 3 rings (SSSR count). The number of nitrogens with zero attached hydrogens (tertiary/aromatic N) is 1. The third-order valence-corrected chi connectivity index (χ3v) is 5.66. The lowest BCUT2D eigenvalue weighted by molar-refractivity contribution is -0.129. The highest BCUT2D eigenvalue weighted by Gasteiger charge is 2.34. The van der Waals surface area contributed by atoms with Gasteiger partial charge in [-0.05, 0) is 76.8 Å². The minimum Gasteiger partial charge on any atom is -0.444 e. The lowest BCUT2D eigenvalue weighted by Crippen LogP contribution is -2.56. The second-order valence-electron chi connectivity index (χ2n) is 10.1. The zero-order valence-electron chi connectivity index (χ0n) is 20.9. The van der Waals surface area contributed by atoms with E-state index in [9.17, 15) is 18.8 Å². The monoisotopic (exact) mass is 483 g/mol. The van der Waals surface area contributed by atoms with Crippen LogP contribution >= 0.6 is 0 Å². The summed E-state index contributed by atoms with van der Waals surface area (Å²) in [6.07, 6.45) is 0.309. The third-order valence-electron chi connectivity index (χ3n) is 5.66. The first-order valence-electron chi connectivity index (χ1n) is 11.9. The highest BCUT2D eigenvalue weighted by molar-refractivity contribution is 6.01. The molecule has 35 heavy (non-hydrogen) atoms. The van der Waals surface area contributed by atoms with Gasteiger partial charge in [-0.25, -0.2) is 9.18 Å². The number of anilines is 1. The Hall–Kier alpha value is -3.42. The second kappa shape index (κ2) is 10.9. The van der Waals surface area contributed by atoms with Gasteiger partial charge in [-0.3, -0.25) is 9.59 Å². The van der Waals surface area contributed by atoms with E-state index in [0.29, 0.717) is 18.4 Å². The van der Waals surface area contributed by atoms with Crippen LogP contribution in [0.3, 0.4) is 0 Å². The highest BCUT2D eigenvalue weighted by atomic mass is 19.1. The van der Waals surface area contributed by atoms with Crippen LogP contribution in [0.5, 0.6) is 0 Å². The van der Waals surface area contributed by atoms with Crippen molar-refractivity contribution in [3.05, 3.63) is 65.5 Å². The zero-order chi connectivity index (χ0) is 25.8. The number of benzene rings is 2. The number of rotatable bonds is 6. The van der Waals surface area contributed by atoms with Crippen molar-refractivity contribution >= 4 is 23.6 Å². The number of alkyl carbamates (subject to hydrolysis) is 1. The SMILES string of the molecule is CC(C)N1C(=O)C(NC(=O)C(Cc2cccc(F)c2)NC(=O)OC(C)(C)C)CCc2ccccc21. The van der Waals surface area contributed by atoms with E-state index in [4.69, 9.17) is 4.74 Å². The van der Waals surface area contributed by atoms with E-state index < -0.39 is 35.5 Å². The van der Waals surface area contributed by atoms with E-state index in [1.54, 1.807) is 37.8 Å². The zero-order valence-corrected chi connectivity index (χ0v) is 20.9. The van der Waals surface area contributed by atoms with Crippen LogP contribution < -0.4 is 15.5 Å². The standard InChI is InChI=1S/C27H34FN3O4/c1-17(2)31-23-12-7-6-10-19(23)13-14-21(25(31)33)29-24(32)22(30-26(34)35-27(3,4)5)16-18-9-8-11-20(28)15-18/h6-12,15,17,21-22H,13-14,16H2,1-5H3,(H,29,32)(H,30,34). The molecule has 1 heterocycles. The van der Waals surface area contributed by atoms with Gasteiger partial charge in [0.05, 0.1) is 0 Å². The van der Waals surface area contributed by atoms with Crippen molar-refractivity contribution in [1.82, 2.24) is 10.6 Å². The number of carbonyl (C=O) groups is 3. The van der Waals surface area contributed by atoms with Gasteiger partial charge < -0.3 is 20.3 Å². The number of halogens is 1. The summed E-state index contributed by atoms with van der Waals surface area (Å²) in [5.74, 6) is -1.18. The van der Waals surface area contributed by atoms with Gasteiger partial charge in [0.15, 0.2) is 0 Å². The van der Waals surface area contributed by atoms with E-state index in [0.717, 1.165) is 11.3 Å². The van der Waals surface area contributed by atoms with Crippen LogP contribution in [0.25, 0.3) is 0 Å². The molecule has 3 amide bonds. The molecule has 0 saturated heterocycles. The predicted octanol–water partition coefficient (Wildman–Crippen LogP) is 4.13. The van der Waals surface area contributed by atoms with Gasteiger partial charge in [0, 0.05) is 18.2 Å². The van der Waals surface area contributed by atoms with Gasteiger partial charge >= 0.3 is 6.09 Å². The van der Waals surface area contributed by atoms with Crippen LogP contribution in [0.1, 0.15) is 52.2 Å². The van der Waals surface area contributed by atoms with E-state index >= 15 is 0 Å². The third kappa shape index (κ3) is 7.04. The summed E-state index contributed by atoms with van der Waals surface area (Å²) in [6.45, 7) is 9.01. The van der Waals surface area contributed by atoms with Crippen LogP contribution in [-0.4, -0.2) is 41.6 Å². The smallest absolute Gasteiger partial charge is 0.408 e. The Morgan fingerprint density at radius 2 is 1.86 bits per heavy atom. The van der Waals surface area contributed by atoms with E-state index in [1.807, 2.05) is 38.1 Å².